The Bertz CT molecular complexity index is 426. The van der Waals surface area contributed by atoms with Gasteiger partial charge in [0, 0.05) is 18.4 Å². The molecular formula is C14H17N. The minimum atomic E-state index is 0.979. The van der Waals surface area contributed by atoms with Crippen LogP contribution in [0.3, 0.4) is 0 Å². The van der Waals surface area contributed by atoms with Crippen LogP contribution in [0.25, 0.3) is 0 Å². The van der Waals surface area contributed by atoms with Gasteiger partial charge in [-0.1, -0.05) is 37.3 Å². The van der Waals surface area contributed by atoms with E-state index in [1.165, 1.54) is 16.8 Å². The Morgan fingerprint density at radius 1 is 1.07 bits per heavy atom. The molecule has 1 heterocycles. The normalized spacial score (nSPS) is 10.5. The summed E-state index contributed by atoms with van der Waals surface area (Å²) in [6.45, 7) is 5.34. The standard InChI is InChI=1S/C14H17N/c1-3-13-9-12(2)15(10-13)11-14-7-5-4-6-8-14/h4-10H,3,11H2,1-2H3. The van der Waals surface area contributed by atoms with Crippen molar-refractivity contribution >= 4 is 0 Å². The van der Waals surface area contributed by atoms with E-state index in [0.29, 0.717) is 0 Å². The van der Waals surface area contributed by atoms with Crippen molar-refractivity contribution in [2.75, 3.05) is 0 Å². The fourth-order valence-electron chi connectivity index (χ4n) is 1.83. The third kappa shape index (κ3) is 2.30. The summed E-state index contributed by atoms with van der Waals surface area (Å²) < 4.78 is 2.31. The maximum Gasteiger partial charge on any atom is 0.0472 e. The van der Waals surface area contributed by atoms with Gasteiger partial charge in [0.25, 0.3) is 0 Å². The summed E-state index contributed by atoms with van der Waals surface area (Å²) in [7, 11) is 0. The van der Waals surface area contributed by atoms with E-state index in [2.05, 4.69) is 61.0 Å². The van der Waals surface area contributed by atoms with Gasteiger partial charge in [0.15, 0.2) is 0 Å². The molecule has 78 valence electrons. The van der Waals surface area contributed by atoms with E-state index in [1.807, 2.05) is 0 Å². The Morgan fingerprint density at radius 3 is 2.40 bits per heavy atom. The van der Waals surface area contributed by atoms with Crippen molar-refractivity contribution < 1.29 is 0 Å². The first kappa shape index (κ1) is 10.0. The summed E-state index contributed by atoms with van der Waals surface area (Å²) in [4.78, 5) is 0. The number of nitrogens with zero attached hydrogens (tertiary/aromatic N) is 1. The maximum atomic E-state index is 2.31. The molecular weight excluding hydrogens is 182 g/mol. The third-order valence-corrected chi connectivity index (χ3v) is 2.77. The van der Waals surface area contributed by atoms with Gasteiger partial charge in [-0.3, -0.25) is 0 Å². The monoisotopic (exact) mass is 199 g/mol. The second-order valence-electron chi connectivity index (χ2n) is 3.96. The molecule has 0 unspecified atom stereocenters. The topological polar surface area (TPSA) is 4.93 Å². The predicted molar refractivity (Wildman–Crippen MR) is 64.1 cm³/mol. The largest absolute Gasteiger partial charge is 0.347 e. The summed E-state index contributed by atoms with van der Waals surface area (Å²) in [6, 6.07) is 12.9. The SMILES string of the molecule is CCc1cc(C)n(Cc2ccccc2)c1. The molecule has 1 aromatic heterocycles. The van der Waals surface area contributed by atoms with Gasteiger partial charge in [0.05, 0.1) is 0 Å². The molecule has 2 rings (SSSR count). The molecule has 1 heteroatoms. The van der Waals surface area contributed by atoms with Crippen LogP contribution in [0.15, 0.2) is 42.6 Å². The summed E-state index contributed by atoms with van der Waals surface area (Å²) in [5.74, 6) is 0. The highest BCUT2D eigenvalue weighted by molar-refractivity contribution is 5.21. The molecule has 0 saturated heterocycles. The lowest BCUT2D eigenvalue weighted by Crippen LogP contribution is -1.99. The smallest absolute Gasteiger partial charge is 0.0472 e. The molecule has 0 aliphatic heterocycles. The highest BCUT2D eigenvalue weighted by atomic mass is 15.0. The van der Waals surface area contributed by atoms with Gasteiger partial charge in [-0.25, -0.2) is 0 Å². The molecule has 15 heavy (non-hydrogen) atoms. The molecule has 0 atom stereocenters. The first-order valence-corrected chi connectivity index (χ1v) is 5.49. The van der Waals surface area contributed by atoms with Crippen molar-refractivity contribution in [2.45, 2.75) is 26.8 Å². The van der Waals surface area contributed by atoms with E-state index in [0.717, 1.165) is 13.0 Å². The second-order valence-corrected chi connectivity index (χ2v) is 3.96. The predicted octanol–water partition coefficient (Wildman–Crippen LogP) is 3.41. The number of hydrogen-bond acceptors (Lipinski definition) is 0. The van der Waals surface area contributed by atoms with Crippen LogP contribution in [0, 0.1) is 6.92 Å². The van der Waals surface area contributed by atoms with Gasteiger partial charge in [-0.05, 0) is 30.5 Å². The van der Waals surface area contributed by atoms with Crippen LogP contribution in [-0.2, 0) is 13.0 Å². The first-order valence-electron chi connectivity index (χ1n) is 5.49. The third-order valence-electron chi connectivity index (χ3n) is 2.77. The van der Waals surface area contributed by atoms with Crippen LogP contribution in [0.2, 0.25) is 0 Å². The average Bonchev–Trinajstić information content (AvgIpc) is 2.61. The number of hydrogen-bond donors (Lipinski definition) is 0. The fraction of sp³-hybridized carbons (Fsp3) is 0.286. The van der Waals surface area contributed by atoms with Gasteiger partial charge >= 0.3 is 0 Å². The lowest BCUT2D eigenvalue weighted by atomic mass is 10.2. The highest BCUT2D eigenvalue weighted by Gasteiger charge is 2.00. The molecule has 0 spiro atoms. The summed E-state index contributed by atoms with van der Waals surface area (Å²) in [6.07, 6.45) is 3.37. The molecule has 0 amide bonds. The quantitative estimate of drug-likeness (QED) is 0.714. The van der Waals surface area contributed by atoms with Gasteiger partial charge in [-0.2, -0.15) is 0 Å². The summed E-state index contributed by atoms with van der Waals surface area (Å²) in [5.41, 5.74) is 4.12. The van der Waals surface area contributed by atoms with Crippen molar-refractivity contribution in [3.05, 3.63) is 59.4 Å². The van der Waals surface area contributed by atoms with E-state index in [-0.39, 0.29) is 0 Å². The zero-order valence-electron chi connectivity index (χ0n) is 9.40. The van der Waals surface area contributed by atoms with Crippen molar-refractivity contribution in [3.63, 3.8) is 0 Å². The van der Waals surface area contributed by atoms with E-state index in [9.17, 15) is 0 Å². The van der Waals surface area contributed by atoms with Crippen LogP contribution in [-0.4, -0.2) is 4.57 Å². The van der Waals surface area contributed by atoms with Gasteiger partial charge in [0.2, 0.25) is 0 Å². The van der Waals surface area contributed by atoms with Crippen molar-refractivity contribution in [1.82, 2.24) is 4.57 Å². The fourth-order valence-corrected chi connectivity index (χ4v) is 1.83. The van der Waals surface area contributed by atoms with Gasteiger partial charge in [0.1, 0.15) is 0 Å². The molecule has 0 N–H and O–H groups in total. The Balaban J connectivity index is 2.21. The van der Waals surface area contributed by atoms with Crippen LogP contribution >= 0.6 is 0 Å². The number of benzene rings is 1. The molecule has 0 fully saturated rings. The zero-order chi connectivity index (χ0) is 10.7. The number of rotatable bonds is 3. The van der Waals surface area contributed by atoms with E-state index in [1.54, 1.807) is 0 Å². The molecule has 2 aromatic rings. The van der Waals surface area contributed by atoms with Crippen molar-refractivity contribution in [2.24, 2.45) is 0 Å². The molecule has 0 aliphatic rings. The Morgan fingerprint density at radius 2 is 1.80 bits per heavy atom. The molecule has 0 saturated carbocycles. The van der Waals surface area contributed by atoms with Crippen LogP contribution < -0.4 is 0 Å². The number of aryl methyl sites for hydroxylation is 2. The number of aromatic nitrogens is 1. The van der Waals surface area contributed by atoms with Crippen LogP contribution in [0.5, 0.6) is 0 Å². The lowest BCUT2D eigenvalue weighted by Gasteiger charge is -2.05. The zero-order valence-corrected chi connectivity index (χ0v) is 9.40. The van der Waals surface area contributed by atoms with Crippen molar-refractivity contribution in [3.8, 4) is 0 Å². The van der Waals surface area contributed by atoms with Gasteiger partial charge < -0.3 is 4.57 Å². The van der Waals surface area contributed by atoms with Crippen molar-refractivity contribution in [1.29, 1.82) is 0 Å². The summed E-state index contributed by atoms with van der Waals surface area (Å²) in [5, 5.41) is 0. The molecule has 0 aliphatic carbocycles. The molecule has 0 bridgehead atoms. The molecule has 1 aromatic carbocycles. The van der Waals surface area contributed by atoms with Crippen LogP contribution in [0.1, 0.15) is 23.7 Å². The highest BCUT2D eigenvalue weighted by Crippen LogP contribution is 2.11. The molecule has 1 nitrogen and oxygen atoms in total. The van der Waals surface area contributed by atoms with Gasteiger partial charge in [-0.15, -0.1) is 0 Å². The summed E-state index contributed by atoms with van der Waals surface area (Å²) >= 11 is 0. The second kappa shape index (κ2) is 4.35. The van der Waals surface area contributed by atoms with E-state index < -0.39 is 0 Å². The molecule has 0 radical (unpaired) electrons. The first-order chi connectivity index (χ1) is 7.29. The minimum Gasteiger partial charge on any atom is -0.347 e. The lowest BCUT2D eigenvalue weighted by molar-refractivity contribution is 0.774. The maximum absolute atomic E-state index is 2.31. The van der Waals surface area contributed by atoms with E-state index in [4.69, 9.17) is 0 Å². The minimum absolute atomic E-state index is 0.979. The Labute approximate surface area is 91.4 Å². The van der Waals surface area contributed by atoms with Crippen LogP contribution in [0.4, 0.5) is 0 Å². The Hall–Kier alpha value is -1.50. The Kier molecular flexibility index (Phi) is 2.91. The average molecular weight is 199 g/mol. The van der Waals surface area contributed by atoms with E-state index >= 15 is 0 Å².